The largest absolute Gasteiger partial charge is 0.508 e. The molecular weight excluding hydrogens is 178 g/mol. The molecule has 4 heteroatoms. The summed E-state index contributed by atoms with van der Waals surface area (Å²) in [6.07, 6.45) is 0.114. The number of hydrogen-bond acceptors (Lipinski definition) is 4. The number of hydrogen-bond donors (Lipinski definition) is 2. The van der Waals surface area contributed by atoms with Gasteiger partial charge >= 0.3 is 0 Å². The summed E-state index contributed by atoms with van der Waals surface area (Å²) < 4.78 is 0. The normalized spacial score (nSPS) is 11.4. The summed E-state index contributed by atoms with van der Waals surface area (Å²) in [4.78, 5) is 0. The quantitative estimate of drug-likeness (QED) is 0.726. The summed E-state index contributed by atoms with van der Waals surface area (Å²) in [6.45, 7) is 0. The zero-order valence-corrected chi connectivity index (χ0v) is 7.44. The van der Waals surface area contributed by atoms with Gasteiger partial charge < -0.3 is 10.8 Å². The van der Waals surface area contributed by atoms with E-state index >= 15 is 0 Å². The molecule has 4 nitrogen and oxygen atoms in total. The first-order valence-electron chi connectivity index (χ1n) is 4.04. The Balaban J connectivity index is 3.08. The fraction of sp³-hybridized carbons (Fsp3) is 0.200. The molecule has 0 radical (unpaired) electrons. The predicted molar refractivity (Wildman–Crippen MR) is 50.0 cm³/mol. The maximum absolute atomic E-state index is 9.43. The molecule has 0 saturated carbocycles. The van der Waals surface area contributed by atoms with Gasteiger partial charge in [0.15, 0.2) is 0 Å². The number of aromatic hydroxyl groups is 1. The number of nitrogens with two attached hydrogens (primary N) is 1. The molecule has 1 aromatic carbocycles. The Hall–Kier alpha value is -2.04. The van der Waals surface area contributed by atoms with Crippen LogP contribution in [-0.2, 0) is 0 Å². The fourth-order valence-corrected chi connectivity index (χ4v) is 1.13. The molecule has 1 atom stereocenters. The average Bonchev–Trinajstić information content (AvgIpc) is 2.19. The zero-order valence-electron chi connectivity index (χ0n) is 7.44. The van der Waals surface area contributed by atoms with Crippen LogP contribution in [0.5, 0.6) is 5.75 Å². The zero-order chi connectivity index (χ0) is 10.6. The van der Waals surface area contributed by atoms with Gasteiger partial charge in [0.2, 0.25) is 0 Å². The molecule has 3 N–H and O–H groups in total. The number of phenolic OH excluding ortho intramolecular Hbond substituents is 1. The Kier molecular flexibility index (Phi) is 3.06. The van der Waals surface area contributed by atoms with E-state index in [1.165, 1.54) is 18.2 Å². The first-order valence-corrected chi connectivity index (χ1v) is 4.04. The average molecular weight is 187 g/mol. The van der Waals surface area contributed by atoms with Gasteiger partial charge in [-0.3, -0.25) is 0 Å². The minimum Gasteiger partial charge on any atom is -0.508 e. The van der Waals surface area contributed by atoms with Crippen LogP contribution in [0.15, 0.2) is 18.2 Å². The van der Waals surface area contributed by atoms with Gasteiger partial charge in [-0.2, -0.15) is 10.5 Å². The molecule has 1 rings (SSSR count). The highest BCUT2D eigenvalue weighted by Crippen LogP contribution is 2.25. The molecular formula is C10H9N3O. The van der Waals surface area contributed by atoms with Crippen LogP contribution in [0.4, 0.5) is 0 Å². The van der Waals surface area contributed by atoms with Crippen molar-refractivity contribution in [1.82, 2.24) is 0 Å². The van der Waals surface area contributed by atoms with Crippen molar-refractivity contribution in [2.24, 2.45) is 5.73 Å². The van der Waals surface area contributed by atoms with Gasteiger partial charge in [-0.25, -0.2) is 0 Å². The molecule has 0 unspecified atom stereocenters. The van der Waals surface area contributed by atoms with E-state index in [0.717, 1.165) is 0 Å². The van der Waals surface area contributed by atoms with E-state index in [0.29, 0.717) is 11.1 Å². The number of phenols is 1. The smallest absolute Gasteiger partial charge is 0.120 e. The van der Waals surface area contributed by atoms with Gasteiger partial charge in [0.1, 0.15) is 5.75 Å². The van der Waals surface area contributed by atoms with Gasteiger partial charge in [0.05, 0.1) is 24.1 Å². The van der Waals surface area contributed by atoms with Crippen LogP contribution in [0.1, 0.15) is 23.6 Å². The Morgan fingerprint density at radius 2 is 2.14 bits per heavy atom. The lowest BCUT2D eigenvalue weighted by atomic mass is 10.0. The van der Waals surface area contributed by atoms with Gasteiger partial charge in [0, 0.05) is 11.6 Å². The van der Waals surface area contributed by atoms with Crippen LogP contribution in [0.2, 0.25) is 0 Å². The van der Waals surface area contributed by atoms with Gasteiger partial charge in [-0.1, -0.05) is 0 Å². The highest BCUT2D eigenvalue weighted by atomic mass is 16.3. The third kappa shape index (κ3) is 2.01. The van der Waals surface area contributed by atoms with E-state index in [2.05, 4.69) is 0 Å². The second-order valence-corrected chi connectivity index (χ2v) is 2.85. The first-order chi connectivity index (χ1) is 6.69. The highest BCUT2D eigenvalue weighted by Gasteiger charge is 2.10. The van der Waals surface area contributed by atoms with Crippen molar-refractivity contribution in [3.8, 4) is 17.9 Å². The van der Waals surface area contributed by atoms with E-state index in [-0.39, 0.29) is 12.2 Å². The van der Waals surface area contributed by atoms with Crippen LogP contribution >= 0.6 is 0 Å². The Bertz CT molecular complexity index is 414. The molecule has 14 heavy (non-hydrogen) atoms. The van der Waals surface area contributed by atoms with Crippen molar-refractivity contribution >= 4 is 0 Å². The molecule has 70 valence electrons. The SMILES string of the molecule is N#CC[C@H](N)c1cc(C#N)ccc1O. The van der Waals surface area contributed by atoms with Crippen molar-refractivity contribution in [2.75, 3.05) is 0 Å². The topological polar surface area (TPSA) is 93.8 Å². The molecule has 0 heterocycles. The fourth-order valence-electron chi connectivity index (χ4n) is 1.13. The summed E-state index contributed by atoms with van der Waals surface area (Å²) in [6, 6.07) is 7.71. The predicted octanol–water partition coefficient (Wildman–Crippen LogP) is 1.18. The minimum absolute atomic E-state index is 0.0201. The standard InChI is InChI=1S/C10H9N3O/c11-4-3-9(13)8-5-7(6-12)1-2-10(8)14/h1-2,5,9,14H,3,13H2/t9-/m0/s1. The number of benzene rings is 1. The summed E-state index contributed by atoms with van der Waals surface area (Å²) in [5.41, 5.74) is 6.50. The van der Waals surface area contributed by atoms with Gasteiger partial charge in [-0.15, -0.1) is 0 Å². The minimum atomic E-state index is -0.548. The number of nitrogens with zero attached hydrogens (tertiary/aromatic N) is 2. The molecule has 0 saturated heterocycles. The molecule has 0 aromatic heterocycles. The number of rotatable bonds is 2. The van der Waals surface area contributed by atoms with Crippen molar-refractivity contribution in [2.45, 2.75) is 12.5 Å². The molecule has 0 aliphatic rings. The summed E-state index contributed by atoms with van der Waals surface area (Å²) in [7, 11) is 0. The molecule has 0 aliphatic carbocycles. The summed E-state index contributed by atoms with van der Waals surface area (Å²) in [5, 5.41) is 26.5. The van der Waals surface area contributed by atoms with Crippen LogP contribution in [0, 0.1) is 22.7 Å². The van der Waals surface area contributed by atoms with Crippen LogP contribution in [0.25, 0.3) is 0 Å². The van der Waals surface area contributed by atoms with Crippen LogP contribution < -0.4 is 5.73 Å². The lowest BCUT2D eigenvalue weighted by Gasteiger charge is -2.09. The Morgan fingerprint density at radius 1 is 1.43 bits per heavy atom. The van der Waals surface area contributed by atoms with E-state index in [4.69, 9.17) is 16.3 Å². The molecule has 0 amide bonds. The third-order valence-electron chi connectivity index (χ3n) is 1.87. The second-order valence-electron chi connectivity index (χ2n) is 2.85. The lowest BCUT2D eigenvalue weighted by molar-refractivity contribution is 0.462. The van der Waals surface area contributed by atoms with Gasteiger partial charge in [0.25, 0.3) is 0 Å². The highest BCUT2D eigenvalue weighted by molar-refractivity contribution is 5.43. The Morgan fingerprint density at radius 3 is 2.71 bits per heavy atom. The maximum atomic E-state index is 9.43. The van der Waals surface area contributed by atoms with Crippen molar-refractivity contribution in [3.63, 3.8) is 0 Å². The molecule has 1 aromatic rings. The summed E-state index contributed by atoms with van der Waals surface area (Å²) >= 11 is 0. The van der Waals surface area contributed by atoms with E-state index < -0.39 is 6.04 Å². The first kappa shape index (κ1) is 10.0. The van der Waals surface area contributed by atoms with Crippen LogP contribution in [0.3, 0.4) is 0 Å². The lowest BCUT2D eigenvalue weighted by Crippen LogP contribution is -2.09. The monoisotopic (exact) mass is 187 g/mol. The second kappa shape index (κ2) is 4.27. The van der Waals surface area contributed by atoms with Crippen molar-refractivity contribution in [3.05, 3.63) is 29.3 Å². The number of nitriles is 2. The third-order valence-corrected chi connectivity index (χ3v) is 1.87. The van der Waals surface area contributed by atoms with Crippen molar-refractivity contribution < 1.29 is 5.11 Å². The summed E-state index contributed by atoms with van der Waals surface area (Å²) in [5.74, 6) is 0.0201. The Labute approximate surface area is 81.8 Å². The van der Waals surface area contributed by atoms with E-state index in [1.54, 1.807) is 0 Å². The van der Waals surface area contributed by atoms with E-state index in [9.17, 15) is 5.11 Å². The van der Waals surface area contributed by atoms with E-state index in [1.807, 2.05) is 12.1 Å². The molecule has 0 aliphatic heterocycles. The maximum Gasteiger partial charge on any atom is 0.120 e. The molecule has 0 bridgehead atoms. The molecule has 0 fully saturated rings. The molecule has 0 spiro atoms. The van der Waals surface area contributed by atoms with Crippen molar-refractivity contribution in [1.29, 1.82) is 10.5 Å². The van der Waals surface area contributed by atoms with Gasteiger partial charge in [-0.05, 0) is 18.2 Å². The van der Waals surface area contributed by atoms with Crippen LogP contribution in [-0.4, -0.2) is 5.11 Å².